The van der Waals surface area contributed by atoms with Gasteiger partial charge in [0.05, 0.1) is 0 Å². The number of unbranched alkanes of at least 4 members (excludes halogenated alkanes) is 8. The zero-order valence-electron chi connectivity index (χ0n) is 15.1. The van der Waals surface area contributed by atoms with Crippen LogP contribution >= 0.6 is 68.0 Å². The fourth-order valence-electron chi connectivity index (χ4n) is 2.10. The summed E-state index contributed by atoms with van der Waals surface area (Å²) in [7, 11) is 1.37. The first-order valence-electron chi connectivity index (χ1n) is 8.97. The van der Waals surface area contributed by atoms with Crippen molar-refractivity contribution in [1.29, 1.82) is 0 Å². The Hall–Kier alpha value is 1.96. The van der Waals surface area contributed by atoms with Gasteiger partial charge in [-0.2, -0.15) is 13.2 Å². The Morgan fingerprint density at radius 3 is 1.31 bits per heavy atom. The molecule has 0 aromatic rings. The number of hydrogen-bond acceptors (Lipinski definition) is 0. The van der Waals surface area contributed by atoms with Crippen LogP contribution in [-0.2, 0) is 0 Å². The first kappa shape index (κ1) is 30.2. The van der Waals surface area contributed by atoms with E-state index in [9.17, 15) is 13.2 Å². The molecule has 11 heteroatoms. The molecular weight excluding hydrogens is 506 g/mol. The Balaban J connectivity index is 0. The Morgan fingerprint density at radius 1 is 0.654 bits per heavy atom. The van der Waals surface area contributed by atoms with Crippen LogP contribution in [0.3, 0.4) is 0 Å². The molecule has 0 rings (SSSR count). The lowest BCUT2D eigenvalue weighted by molar-refractivity contribution is -0.130. The van der Waals surface area contributed by atoms with Crippen LogP contribution in [0.25, 0.3) is 0 Å². The van der Waals surface area contributed by atoms with Crippen LogP contribution in [-0.4, -0.2) is 26.2 Å². The van der Waals surface area contributed by atoms with Crippen molar-refractivity contribution in [2.75, 3.05) is 0 Å². The molecular formula is C15H29Cl6F3Si2. The highest BCUT2D eigenvalue weighted by atomic mass is 35.8. The third kappa shape index (κ3) is 33.5. The van der Waals surface area contributed by atoms with Gasteiger partial charge in [0.1, 0.15) is 0 Å². The van der Waals surface area contributed by atoms with Crippen LogP contribution < -0.4 is 0 Å². The summed E-state index contributed by atoms with van der Waals surface area (Å²) in [5, 5.41) is 0. The number of alkyl halides is 6. The van der Waals surface area contributed by atoms with Crippen LogP contribution in [0.5, 0.6) is 0 Å². The van der Waals surface area contributed by atoms with Gasteiger partial charge in [0, 0.05) is 16.7 Å². The van der Waals surface area contributed by atoms with Crippen molar-refractivity contribution >= 4 is 84.3 Å². The molecule has 0 unspecified atom stereocenters. The van der Waals surface area contributed by atoms with E-state index < -0.39 is 22.4 Å². The van der Waals surface area contributed by atoms with Gasteiger partial charge in [-0.15, -0.1) is 33.2 Å². The summed E-state index contributed by atoms with van der Waals surface area (Å²) in [5.41, 5.74) is 0. The first-order valence-corrected chi connectivity index (χ1v) is 16.8. The molecule has 0 fully saturated rings. The normalized spacial score (nSPS) is 12.8. The fourth-order valence-corrected chi connectivity index (χ4v) is 4.41. The van der Waals surface area contributed by atoms with Crippen LogP contribution in [0.2, 0.25) is 12.1 Å². The summed E-state index contributed by atoms with van der Waals surface area (Å²) in [5.74, 6) is 0. The van der Waals surface area contributed by atoms with Gasteiger partial charge >= 0.3 is 12.2 Å². The molecule has 0 aromatic heterocycles. The number of hydrogen-bond donors (Lipinski definition) is 0. The van der Waals surface area contributed by atoms with E-state index in [1.165, 1.54) is 67.7 Å². The molecule has 0 aromatic carbocycles. The maximum atomic E-state index is 11.4. The Morgan fingerprint density at radius 2 is 1.04 bits per heavy atom. The maximum Gasteiger partial charge on any atom is 0.388 e. The van der Waals surface area contributed by atoms with E-state index in [0.717, 1.165) is 6.42 Å². The smallest absolute Gasteiger partial charge is 0.171 e. The van der Waals surface area contributed by atoms with Crippen molar-refractivity contribution < 1.29 is 13.2 Å². The molecule has 0 saturated carbocycles. The molecule has 0 aliphatic carbocycles. The molecule has 0 saturated heterocycles. The lowest BCUT2D eigenvalue weighted by Crippen LogP contribution is -2.15. The second-order valence-electron chi connectivity index (χ2n) is 6.28. The van der Waals surface area contributed by atoms with E-state index in [2.05, 4.69) is 0 Å². The predicted octanol–water partition coefficient (Wildman–Crippen LogP) is 8.64. The molecule has 0 nitrogen and oxygen atoms in total. The summed E-state index contributed by atoms with van der Waals surface area (Å²) >= 11 is 32.7. The van der Waals surface area contributed by atoms with E-state index in [4.69, 9.17) is 68.0 Å². The number of halogens is 9. The van der Waals surface area contributed by atoms with Crippen molar-refractivity contribution in [2.24, 2.45) is 0 Å². The van der Waals surface area contributed by atoms with E-state index in [0.29, 0.717) is 6.42 Å². The minimum atomic E-state index is -4.21. The van der Waals surface area contributed by atoms with E-state index in [-0.39, 0.29) is 6.04 Å². The van der Waals surface area contributed by atoms with Crippen LogP contribution in [0.4, 0.5) is 13.2 Å². The fraction of sp³-hybridized carbons (Fsp3) is 1.00. The molecule has 0 aliphatic heterocycles. The minimum Gasteiger partial charge on any atom is -0.171 e. The van der Waals surface area contributed by atoms with Crippen LogP contribution in [0.15, 0.2) is 0 Å². The maximum absolute atomic E-state index is 11.4. The highest BCUT2D eigenvalue weighted by molar-refractivity contribution is 7.64. The third-order valence-electron chi connectivity index (χ3n) is 3.51. The second-order valence-corrected chi connectivity index (χ2v) is 19.1. The first-order chi connectivity index (χ1) is 11.8. The molecule has 160 valence electrons. The minimum absolute atomic E-state index is 0.360. The van der Waals surface area contributed by atoms with Gasteiger partial charge < -0.3 is 0 Å². The zero-order valence-corrected chi connectivity index (χ0v) is 22.6. The summed E-state index contributed by atoms with van der Waals surface area (Å²) in [6, 6.07) is -1.96. The summed E-state index contributed by atoms with van der Waals surface area (Å²) in [6.45, 7) is 0. The quantitative estimate of drug-likeness (QED) is 0.102. The van der Waals surface area contributed by atoms with Crippen molar-refractivity contribution in [3.05, 3.63) is 0 Å². The zero-order chi connectivity index (χ0) is 20.7. The van der Waals surface area contributed by atoms with E-state index in [1.807, 2.05) is 0 Å². The lowest BCUT2D eigenvalue weighted by Gasteiger charge is -2.09. The molecule has 0 amide bonds. The largest absolute Gasteiger partial charge is 0.388 e. The van der Waals surface area contributed by atoms with Crippen molar-refractivity contribution in [2.45, 2.75) is 92.7 Å². The summed E-state index contributed by atoms with van der Waals surface area (Å²) in [4.78, 5) is 0. The predicted molar refractivity (Wildman–Crippen MR) is 120 cm³/mol. The lowest BCUT2D eigenvalue weighted by atomic mass is 10.1. The average Bonchev–Trinajstić information content (AvgIpc) is 2.45. The molecule has 0 radical (unpaired) electrons. The van der Waals surface area contributed by atoms with E-state index >= 15 is 0 Å². The van der Waals surface area contributed by atoms with Crippen LogP contribution in [0, 0.1) is 0 Å². The molecule has 0 bridgehead atoms. The standard InChI is InChI=1S/C12H25Cl3Si.C3H4Cl3F3Si/c13-12(14,15)10-8-6-4-2-1-3-5-7-9-11-16;4-10(5,6)2-1-3(7,8)9/h1-11H2,16H3;1-2H2. The van der Waals surface area contributed by atoms with Crippen molar-refractivity contribution in [1.82, 2.24) is 0 Å². The highest BCUT2D eigenvalue weighted by Gasteiger charge is 2.34. The molecule has 26 heavy (non-hydrogen) atoms. The van der Waals surface area contributed by atoms with E-state index in [1.54, 1.807) is 0 Å². The molecule has 0 aliphatic rings. The second kappa shape index (κ2) is 16.7. The third-order valence-corrected chi connectivity index (χ3v) is 7.30. The van der Waals surface area contributed by atoms with Crippen LogP contribution in [0.1, 0.15) is 70.6 Å². The van der Waals surface area contributed by atoms with Gasteiger partial charge in [-0.05, 0) is 18.9 Å². The Kier molecular flexibility index (Phi) is 19.4. The highest BCUT2D eigenvalue weighted by Crippen LogP contribution is 2.33. The molecule has 0 spiro atoms. The summed E-state index contributed by atoms with van der Waals surface area (Å²) in [6.07, 6.45) is 7.47. The Labute approximate surface area is 189 Å². The summed E-state index contributed by atoms with van der Waals surface area (Å²) < 4.78 is 33.3. The van der Waals surface area contributed by atoms with Gasteiger partial charge in [-0.3, -0.25) is 0 Å². The molecule has 0 N–H and O–H groups in total. The van der Waals surface area contributed by atoms with Gasteiger partial charge in [0.15, 0.2) is 3.79 Å². The SMILES string of the molecule is FC(F)(F)CC[Si](Cl)(Cl)Cl.[SiH3]CCCCCCCCCCCC(Cl)(Cl)Cl. The van der Waals surface area contributed by atoms with Gasteiger partial charge in [-0.1, -0.05) is 92.2 Å². The molecule has 0 heterocycles. The van der Waals surface area contributed by atoms with Gasteiger partial charge in [-0.25, -0.2) is 0 Å². The molecule has 0 atom stereocenters. The van der Waals surface area contributed by atoms with Gasteiger partial charge in [0.25, 0.3) is 0 Å². The Bertz CT molecular complexity index is 306. The van der Waals surface area contributed by atoms with Gasteiger partial charge in [0.2, 0.25) is 0 Å². The van der Waals surface area contributed by atoms with Crippen molar-refractivity contribution in [3.8, 4) is 0 Å². The topological polar surface area (TPSA) is 0 Å². The average molecular weight is 535 g/mol. The monoisotopic (exact) mass is 532 g/mol. The van der Waals surface area contributed by atoms with Crippen molar-refractivity contribution in [3.63, 3.8) is 0 Å². The number of rotatable bonds is 12.